The van der Waals surface area contributed by atoms with Gasteiger partial charge in [-0.2, -0.15) is 5.26 Å². The molecule has 2 saturated heterocycles. The summed E-state index contributed by atoms with van der Waals surface area (Å²) >= 11 is 6.89. The summed E-state index contributed by atoms with van der Waals surface area (Å²) in [5, 5.41) is 9.89. The molecule has 37 heavy (non-hydrogen) atoms. The second kappa shape index (κ2) is 12.1. The number of thiocarbonyl (C=S) groups is 1. The molecule has 0 aliphatic carbocycles. The minimum atomic E-state index is -0.241. The van der Waals surface area contributed by atoms with Gasteiger partial charge in [-0.05, 0) is 55.7 Å². The first kappa shape index (κ1) is 27.2. The zero-order chi connectivity index (χ0) is 26.5. The molecule has 0 atom stereocenters. The van der Waals surface area contributed by atoms with Crippen molar-refractivity contribution in [1.82, 2.24) is 9.47 Å². The normalized spacial score (nSPS) is 17.6. The molecule has 0 spiro atoms. The van der Waals surface area contributed by atoms with Crippen LogP contribution in [0.5, 0.6) is 0 Å². The van der Waals surface area contributed by atoms with E-state index in [0.717, 1.165) is 62.1 Å². The van der Waals surface area contributed by atoms with Gasteiger partial charge in [-0.25, -0.2) is 0 Å². The summed E-state index contributed by atoms with van der Waals surface area (Å²) in [5.74, 6) is 1.35. The number of carbonyl (C=O) groups excluding carboxylic acids is 1. The highest BCUT2D eigenvalue weighted by atomic mass is 32.2. The molecule has 2 fully saturated rings. The minimum absolute atomic E-state index is 0.117. The molecule has 6 nitrogen and oxygen atoms in total. The number of nitriles is 1. The van der Waals surface area contributed by atoms with Gasteiger partial charge in [0.1, 0.15) is 21.8 Å². The van der Waals surface area contributed by atoms with Crippen LogP contribution in [0.15, 0.2) is 40.0 Å². The number of aromatic nitrogens is 1. The van der Waals surface area contributed by atoms with Gasteiger partial charge >= 0.3 is 0 Å². The summed E-state index contributed by atoms with van der Waals surface area (Å²) in [7, 11) is 0. The van der Waals surface area contributed by atoms with Gasteiger partial charge < -0.3 is 4.90 Å². The molecule has 0 radical (unpaired) electrons. The Kier molecular flexibility index (Phi) is 8.88. The lowest BCUT2D eigenvalue weighted by atomic mass is 9.97. The molecule has 0 N–H and O–H groups in total. The summed E-state index contributed by atoms with van der Waals surface area (Å²) in [5.41, 5.74) is 2.47. The van der Waals surface area contributed by atoms with Crippen LogP contribution in [-0.2, 0) is 17.8 Å². The fraction of sp³-hybridized carbons (Fsp3) is 0.448. The number of rotatable bonds is 8. The molecule has 2 aliphatic heterocycles. The van der Waals surface area contributed by atoms with Crippen molar-refractivity contribution in [3.8, 4) is 6.07 Å². The third-order valence-electron chi connectivity index (χ3n) is 7.28. The van der Waals surface area contributed by atoms with Gasteiger partial charge in [0.2, 0.25) is 0 Å². The monoisotopic (exact) mass is 534 g/mol. The predicted octanol–water partition coefficient (Wildman–Crippen LogP) is 5.51. The molecular formula is C29H34N4O2S2. The first-order valence-electron chi connectivity index (χ1n) is 13.1. The smallest absolute Gasteiger partial charge is 0.270 e. The van der Waals surface area contributed by atoms with Crippen LogP contribution in [0.1, 0.15) is 61.8 Å². The fourth-order valence-corrected chi connectivity index (χ4v) is 6.23. The number of anilines is 1. The highest BCUT2D eigenvalue weighted by Crippen LogP contribution is 2.37. The van der Waals surface area contributed by atoms with Crippen molar-refractivity contribution in [2.75, 3.05) is 24.5 Å². The second-order valence-corrected chi connectivity index (χ2v) is 11.6. The second-order valence-electron chi connectivity index (χ2n) is 9.90. The van der Waals surface area contributed by atoms with Gasteiger partial charge in [-0.15, -0.1) is 0 Å². The molecule has 194 valence electrons. The van der Waals surface area contributed by atoms with E-state index >= 15 is 0 Å². The summed E-state index contributed by atoms with van der Waals surface area (Å²) < 4.78 is 2.31. The van der Waals surface area contributed by atoms with E-state index in [1.807, 2.05) is 43.3 Å². The van der Waals surface area contributed by atoms with E-state index in [1.165, 1.54) is 11.8 Å². The van der Waals surface area contributed by atoms with Crippen LogP contribution in [0.3, 0.4) is 0 Å². The maximum atomic E-state index is 13.5. The number of amides is 1. The first-order valence-corrected chi connectivity index (χ1v) is 14.3. The third-order valence-corrected chi connectivity index (χ3v) is 8.66. The lowest BCUT2D eigenvalue weighted by Gasteiger charge is -2.35. The van der Waals surface area contributed by atoms with Gasteiger partial charge in [-0.1, -0.05) is 74.6 Å². The van der Waals surface area contributed by atoms with Crippen LogP contribution in [0, 0.1) is 24.2 Å². The molecule has 0 bridgehead atoms. The van der Waals surface area contributed by atoms with Crippen LogP contribution >= 0.6 is 24.0 Å². The molecule has 2 aliphatic rings. The van der Waals surface area contributed by atoms with E-state index < -0.39 is 0 Å². The highest BCUT2D eigenvalue weighted by molar-refractivity contribution is 8.26. The van der Waals surface area contributed by atoms with Crippen molar-refractivity contribution in [2.24, 2.45) is 5.92 Å². The third kappa shape index (κ3) is 5.83. The maximum Gasteiger partial charge on any atom is 0.270 e. The Balaban J connectivity index is 1.76. The van der Waals surface area contributed by atoms with E-state index in [0.29, 0.717) is 33.8 Å². The van der Waals surface area contributed by atoms with Crippen molar-refractivity contribution in [2.45, 2.75) is 59.4 Å². The van der Waals surface area contributed by atoms with Gasteiger partial charge in [0, 0.05) is 31.7 Å². The Labute approximate surface area is 229 Å². The van der Waals surface area contributed by atoms with Crippen LogP contribution in [0.2, 0.25) is 0 Å². The molecule has 4 rings (SSSR count). The summed E-state index contributed by atoms with van der Waals surface area (Å²) in [6, 6.07) is 12.2. The summed E-state index contributed by atoms with van der Waals surface area (Å²) in [6.07, 6.45) is 6.45. The first-order chi connectivity index (χ1) is 17.8. The topological polar surface area (TPSA) is 69.3 Å². The molecule has 1 aromatic heterocycles. The number of thioether (sulfide) groups is 1. The zero-order valence-electron chi connectivity index (χ0n) is 21.8. The van der Waals surface area contributed by atoms with Gasteiger partial charge in [0.05, 0.1) is 4.91 Å². The molecule has 1 aromatic carbocycles. The van der Waals surface area contributed by atoms with Crippen LogP contribution in [-0.4, -0.2) is 39.3 Å². The van der Waals surface area contributed by atoms with Crippen molar-refractivity contribution in [3.05, 3.63) is 67.8 Å². The lowest BCUT2D eigenvalue weighted by Crippen LogP contribution is -2.39. The molecule has 3 heterocycles. The largest absolute Gasteiger partial charge is 0.357 e. The number of hydrogen-bond acceptors (Lipinski definition) is 6. The van der Waals surface area contributed by atoms with Crippen molar-refractivity contribution >= 4 is 46.1 Å². The van der Waals surface area contributed by atoms with E-state index in [9.17, 15) is 14.9 Å². The van der Waals surface area contributed by atoms with Gasteiger partial charge in [0.15, 0.2) is 0 Å². The Morgan fingerprint density at radius 3 is 2.51 bits per heavy atom. The number of piperidine rings is 1. The Hall–Kier alpha value is -2.89. The highest BCUT2D eigenvalue weighted by Gasteiger charge is 2.33. The number of benzene rings is 1. The summed E-state index contributed by atoms with van der Waals surface area (Å²) in [6.45, 7) is 8.92. The predicted molar refractivity (Wildman–Crippen MR) is 156 cm³/mol. The van der Waals surface area contributed by atoms with Crippen LogP contribution in [0.25, 0.3) is 6.08 Å². The number of unbranched alkanes of at least 4 members (excludes halogenated alkanes) is 1. The summed E-state index contributed by atoms with van der Waals surface area (Å²) in [4.78, 5) is 31.4. The number of carbonyl (C=O) groups is 1. The van der Waals surface area contributed by atoms with Crippen molar-refractivity contribution in [3.63, 3.8) is 0 Å². The fourth-order valence-electron chi connectivity index (χ4n) is 4.94. The van der Waals surface area contributed by atoms with Crippen LogP contribution in [0.4, 0.5) is 5.82 Å². The maximum absolute atomic E-state index is 13.5. The van der Waals surface area contributed by atoms with Crippen LogP contribution < -0.4 is 10.5 Å². The molecular weight excluding hydrogens is 500 g/mol. The van der Waals surface area contributed by atoms with E-state index in [-0.39, 0.29) is 17.0 Å². The van der Waals surface area contributed by atoms with E-state index in [1.54, 1.807) is 9.47 Å². The quantitative estimate of drug-likeness (QED) is 0.329. The number of hydrogen-bond donors (Lipinski definition) is 0. The van der Waals surface area contributed by atoms with E-state index in [4.69, 9.17) is 12.2 Å². The van der Waals surface area contributed by atoms with Gasteiger partial charge in [-0.3, -0.25) is 19.1 Å². The molecule has 8 heteroatoms. The molecule has 0 unspecified atom stereocenters. The molecule has 1 amide bonds. The van der Waals surface area contributed by atoms with E-state index in [2.05, 4.69) is 24.8 Å². The SMILES string of the molecule is CCCCn1c(N2CCC(C)CC2)c(C=C2SC(=S)N(CCc3ccccc3)C2=O)c(C)c(C#N)c1=O. The Morgan fingerprint density at radius 1 is 1.16 bits per heavy atom. The average Bonchev–Trinajstić information content (AvgIpc) is 3.17. The number of pyridine rings is 1. The standard InChI is InChI=1S/C29H34N4O2S2/c1-4-5-14-32-26(31-15-11-20(2)12-16-31)23(21(3)24(19-30)27(32)34)18-25-28(35)33(29(36)37-25)17-13-22-9-7-6-8-10-22/h6-10,18,20H,4-5,11-17H2,1-3H3. The molecule has 2 aromatic rings. The lowest BCUT2D eigenvalue weighted by molar-refractivity contribution is -0.122. The average molecular weight is 535 g/mol. The molecule has 0 saturated carbocycles. The Morgan fingerprint density at radius 2 is 1.86 bits per heavy atom. The minimum Gasteiger partial charge on any atom is -0.357 e. The van der Waals surface area contributed by atoms with Gasteiger partial charge in [0.25, 0.3) is 11.5 Å². The number of nitrogens with zero attached hydrogens (tertiary/aromatic N) is 4. The van der Waals surface area contributed by atoms with Crippen molar-refractivity contribution in [1.29, 1.82) is 5.26 Å². The van der Waals surface area contributed by atoms with Crippen molar-refractivity contribution < 1.29 is 4.79 Å². The Bertz CT molecular complexity index is 1300. The zero-order valence-corrected chi connectivity index (χ0v) is 23.5.